The summed E-state index contributed by atoms with van der Waals surface area (Å²) in [5.41, 5.74) is 5.78. The minimum atomic E-state index is 0.164. The molecule has 0 saturated heterocycles. The molecule has 18 heavy (non-hydrogen) atoms. The molecule has 0 spiro atoms. The van der Waals surface area contributed by atoms with Crippen molar-refractivity contribution >= 4 is 65.0 Å². The van der Waals surface area contributed by atoms with E-state index in [9.17, 15) is 0 Å². The van der Waals surface area contributed by atoms with Gasteiger partial charge in [-0.2, -0.15) is 0 Å². The summed E-state index contributed by atoms with van der Waals surface area (Å²) in [6, 6.07) is 3.93. The van der Waals surface area contributed by atoms with Gasteiger partial charge in [-0.05, 0) is 56.8 Å². The highest BCUT2D eigenvalue weighted by Crippen LogP contribution is 2.49. The number of thiocarbonyl (C=S) groups is 1. The van der Waals surface area contributed by atoms with Crippen molar-refractivity contribution in [1.82, 2.24) is 0 Å². The molecular weight excluding hydrogens is 446 g/mol. The van der Waals surface area contributed by atoms with Crippen LogP contribution in [0.5, 0.6) is 5.75 Å². The van der Waals surface area contributed by atoms with Crippen molar-refractivity contribution in [2.75, 3.05) is 6.61 Å². The predicted octanol–water partition coefficient (Wildman–Crippen LogP) is 4.81. The molecule has 0 radical (unpaired) electrons. The summed E-state index contributed by atoms with van der Waals surface area (Å²) in [5.74, 6) is 0.826. The van der Waals surface area contributed by atoms with Gasteiger partial charge in [0.1, 0.15) is 5.75 Å². The second-order valence-corrected chi connectivity index (χ2v) is 7.78. The van der Waals surface area contributed by atoms with Gasteiger partial charge in [0, 0.05) is 16.3 Å². The predicted molar refractivity (Wildman–Crippen MR) is 88.1 cm³/mol. The van der Waals surface area contributed by atoms with Gasteiger partial charge in [0.25, 0.3) is 0 Å². The lowest BCUT2D eigenvalue weighted by Crippen LogP contribution is -2.21. The first-order valence-corrected chi connectivity index (χ1v) is 8.26. The molecule has 1 aliphatic rings. The van der Waals surface area contributed by atoms with Gasteiger partial charge in [0.15, 0.2) is 0 Å². The number of halogens is 3. The molecule has 1 fully saturated rings. The van der Waals surface area contributed by atoms with Gasteiger partial charge in [-0.1, -0.05) is 28.1 Å². The molecule has 2 rings (SSSR count). The molecule has 0 unspecified atom stereocenters. The Morgan fingerprint density at radius 3 is 2.28 bits per heavy atom. The molecular formula is C12H12Br3NOS. The molecule has 0 atom stereocenters. The summed E-state index contributed by atoms with van der Waals surface area (Å²) >= 11 is 15.4. The Hall–Kier alpha value is 0.350. The molecule has 1 aromatic rings. The first-order valence-electron chi connectivity index (χ1n) is 5.48. The third kappa shape index (κ3) is 3.68. The third-order valence-corrected chi connectivity index (χ3v) is 4.77. The lowest BCUT2D eigenvalue weighted by Gasteiger charge is -2.17. The van der Waals surface area contributed by atoms with Gasteiger partial charge in [0.05, 0.1) is 20.5 Å². The SMILES string of the molecule is NC(=S)CC1(COc2c(Br)cc(Br)cc2Br)CC1. The molecule has 0 aromatic heterocycles. The fraction of sp³-hybridized carbons (Fsp3) is 0.417. The zero-order valence-corrected chi connectivity index (χ0v) is 15.1. The van der Waals surface area contributed by atoms with Crippen LogP contribution in [0.25, 0.3) is 0 Å². The lowest BCUT2D eigenvalue weighted by atomic mass is 10.0. The Morgan fingerprint density at radius 2 is 1.83 bits per heavy atom. The monoisotopic (exact) mass is 455 g/mol. The van der Waals surface area contributed by atoms with Crippen LogP contribution in [0.1, 0.15) is 19.3 Å². The number of hydrogen-bond acceptors (Lipinski definition) is 2. The minimum absolute atomic E-state index is 0.164. The fourth-order valence-corrected chi connectivity index (χ4v) is 4.60. The zero-order chi connectivity index (χ0) is 13.3. The number of ether oxygens (including phenoxy) is 1. The molecule has 0 aliphatic heterocycles. The molecule has 1 aliphatic carbocycles. The highest BCUT2D eigenvalue weighted by atomic mass is 79.9. The molecule has 1 saturated carbocycles. The fourth-order valence-electron chi connectivity index (χ4n) is 1.81. The van der Waals surface area contributed by atoms with Crippen molar-refractivity contribution in [3.05, 3.63) is 25.6 Å². The standard InChI is InChI=1S/C12H12Br3NOS/c13-7-3-8(14)11(9(15)4-7)17-6-12(1-2-12)5-10(16)18/h3-4H,1-2,5-6H2,(H2,16,18). The summed E-state index contributed by atoms with van der Waals surface area (Å²) in [6.07, 6.45) is 3.04. The highest BCUT2D eigenvalue weighted by molar-refractivity contribution is 9.11. The van der Waals surface area contributed by atoms with Crippen LogP contribution in [0.15, 0.2) is 25.6 Å². The number of nitrogens with two attached hydrogens (primary N) is 1. The van der Waals surface area contributed by atoms with E-state index < -0.39 is 0 Å². The molecule has 98 valence electrons. The van der Waals surface area contributed by atoms with Crippen molar-refractivity contribution < 1.29 is 4.74 Å². The average Bonchev–Trinajstić information content (AvgIpc) is 2.95. The molecule has 2 nitrogen and oxygen atoms in total. The van der Waals surface area contributed by atoms with E-state index in [1.54, 1.807) is 0 Å². The number of benzene rings is 1. The molecule has 2 N–H and O–H groups in total. The third-order valence-electron chi connectivity index (χ3n) is 2.99. The molecule has 0 heterocycles. The van der Waals surface area contributed by atoms with Crippen LogP contribution in [0.4, 0.5) is 0 Å². The van der Waals surface area contributed by atoms with E-state index in [0.717, 1.165) is 38.4 Å². The van der Waals surface area contributed by atoms with Crippen molar-refractivity contribution in [3.8, 4) is 5.75 Å². The lowest BCUT2D eigenvalue weighted by molar-refractivity contribution is 0.236. The maximum atomic E-state index is 5.92. The highest BCUT2D eigenvalue weighted by Gasteiger charge is 2.44. The van der Waals surface area contributed by atoms with E-state index in [-0.39, 0.29) is 5.41 Å². The Kier molecular flexibility index (Phi) is 4.73. The number of rotatable bonds is 5. The second-order valence-electron chi connectivity index (χ2n) is 4.63. The normalized spacial score (nSPS) is 16.4. The minimum Gasteiger partial charge on any atom is -0.491 e. The van der Waals surface area contributed by atoms with Gasteiger partial charge < -0.3 is 10.5 Å². The van der Waals surface area contributed by atoms with Crippen LogP contribution in [-0.4, -0.2) is 11.6 Å². The summed E-state index contributed by atoms with van der Waals surface area (Å²) in [7, 11) is 0. The summed E-state index contributed by atoms with van der Waals surface area (Å²) in [4.78, 5) is 0.574. The van der Waals surface area contributed by atoms with E-state index in [2.05, 4.69) is 47.8 Å². The summed E-state index contributed by atoms with van der Waals surface area (Å²) < 4.78 is 8.77. The molecule has 6 heteroatoms. The van der Waals surface area contributed by atoms with Gasteiger partial charge in [-0.15, -0.1) is 0 Å². The summed E-state index contributed by atoms with van der Waals surface area (Å²) in [5, 5.41) is 0. The maximum Gasteiger partial charge on any atom is 0.147 e. The van der Waals surface area contributed by atoms with Crippen molar-refractivity contribution in [2.45, 2.75) is 19.3 Å². The van der Waals surface area contributed by atoms with Crippen LogP contribution in [0, 0.1) is 5.41 Å². The summed E-state index contributed by atoms with van der Waals surface area (Å²) in [6.45, 7) is 0.656. The quantitative estimate of drug-likeness (QED) is 0.644. The maximum absolute atomic E-state index is 5.92. The van der Waals surface area contributed by atoms with Crippen molar-refractivity contribution in [3.63, 3.8) is 0 Å². The van der Waals surface area contributed by atoms with E-state index in [4.69, 9.17) is 22.7 Å². The largest absolute Gasteiger partial charge is 0.491 e. The Morgan fingerprint density at radius 1 is 1.28 bits per heavy atom. The Balaban J connectivity index is 2.05. The van der Waals surface area contributed by atoms with Gasteiger partial charge in [-0.3, -0.25) is 0 Å². The molecule has 0 bridgehead atoms. The van der Waals surface area contributed by atoms with Crippen LogP contribution in [0.3, 0.4) is 0 Å². The van der Waals surface area contributed by atoms with Crippen LogP contribution >= 0.6 is 60.0 Å². The number of hydrogen-bond donors (Lipinski definition) is 1. The Bertz CT molecular complexity index is 465. The zero-order valence-electron chi connectivity index (χ0n) is 9.51. The van der Waals surface area contributed by atoms with Crippen LogP contribution in [0.2, 0.25) is 0 Å². The average molecular weight is 458 g/mol. The van der Waals surface area contributed by atoms with Crippen molar-refractivity contribution in [2.24, 2.45) is 11.1 Å². The van der Waals surface area contributed by atoms with Crippen LogP contribution in [-0.2, 0) is 0 Å². The van der Waals surface area contributed by atoms with E-state index in [1.807, 2.05) is 12.1 Å². The van der Waals surface area contributed by atoms with E-state index >= 15 is 0 Å². The topological polar surface area (TPSA) is 35.2 Å². The van der Waals surface area contributed by atoms with Crippen LogP contribution < -0.4 is 10.5 Å². The molecule has 1 aromatic carbocycles. The van der Waals surface area contributed by atoms with Gasteiger partial charge >= 0.3 is 0 Å². The van der Waals surface area contributed by atoms with E-state index in [0.29, 0.717) is 11.6 Å². The molecule has 0 amide bonds. The smallest absolute Gasteiger partial charge is 0.147 e. The van der Waals surface area contributed by atoms with E-state index in [1.165, 1.54) is 0 Å². The first-order chi connectivity index (χ1) is 8.42. The van der Waals surface area contributed by atoms with Gasteiger partial charge in [-0.25, -0.2) is 0 Å². The first kappa shape index (κ1) is 14.8. The second kappa shape index (κ2) is 5.77. The van der Waals surface area contributed by atoms with Crippen molar-refractivity contribution in [1.29, 1.82) is 0 Å². The van der Waals surface area contributed by atoms with Gasteiger partial charge in [0.2, 0.25) is 0 Å². The Labute approximate surface area is 137 Å².